The molecule has 1 fully saturated rings. The number of piperidine rings is 1. The molecular formula is C15H18N2O4S. The van der Waals surface area contributed by atoms with Gasteiger partial charge in [-0.25, -0.2) is 0 Å². The molecule has 0 amide bonds. The van der Waals surface area contributed by atoms with Crippen LogP contribution in [0.4, 0.5) is 0 Å². The molecule has 0 aromatic heterocycles. The van der Waals surface area contributed by atoms with E-state index in [1.54, 1.807) is 31.2 Å². The second kappa shape index (κ2) is 5.72. The summed E-state index contributed by atoms with van der Waals surface area (Å²) in [5.74, 6) is 0.228. The Morgan fingerprint density at radius 3 is 2.68 bits per heavy atom. The Labute approximate surface area is 129 Å². The number of hydrogen-bond donors (Lipinski definition) is 0. The molecule has 1 aromatic carbocycles. The van der Waals surface area contributed by atoms with E-state index in [2.05, 4.69) is 4.40 Å². The third-order valence-electron chi connectivity index (χ3n) is 4.03. The second-order valence-electron chi connectivity index (χ2n) is 5.40. The monoisotopic (exact) mass is 322 g/mol. The van der Waals surface area contributed by atoms with E-state index < -0.39 is 10.0 Å². The number of nitrogens with zero attached hydrogens (tertiary/aromatic N) is 2. The summed E-state index contributed by atoms with van der Waals surface area (Å²) in [6.07, 6.45) is 1.31. The van der Waals surface area contributed by atoms with Crippen molar-refractivity contribution >= 4 is 21.8 Å². The van der Waals surface area contributed by atoms with Gasteiger partial charge in [-0.2, -0.15) is 8.42 Å². The summed E-state index contributed by atoms with van der Waals surface area (Å²) in [5.41, 5.74) is 0.650. The van der Waals surface area contributed by atoms with Crippen LogP contribution in [-0.4, -0.2) is 44.8 Å². The highest BCUT2D eigenvalue weighted by atomic mass is 32.2. The minimum absolute atomic E-state index is 0.106. The Kier molecular flexibility index (Phi) is 3.90. The summed E-state index contributed by atoms with van der Waals surface area (Å²) in [7, 11) is -3.59. The van der Waals surface area contributed by atoms with Crippen molar-refractivity contribution in [2.24, 2.45) is 10.3 Å². The van der Waals surface area contributed by atoms with Gasteiger partial charge in [0.25, 0.3) is 10.0 Å². The van der Waals surface area contributed by atoms with Crippen LogP contribution in [0.1, 0.15) is 25.3 Å². The van der Waals surface area contributed by atoms with Gasteiger partial charge < -0.3 is 9.64 Å². The van der Waals surface area contributed by atoms with E-state index in [0.717, 1.165) is 0 Å². The van der Waals surface area contributed by atoms with Crippen LogP contribution in [-0.2, 0) is 19.6 Å². The number of sulfonamides is 1. The number of fused-ring (bicyclic) bond motifs is 1. The number of likely N-dealkylation sites (tertiary alicyclic amines) is 1. The van der Waals surface area contributed by atoms with Gasteiger partial charge in [-0.1, -0.05) is 12.1 Å². The average Bonchev–Trinajstić information content (AvgIpc) is 2.80. The normalized spacial score (nSPS) is 20.4. The van der Waals surface area contributed by atoms with Crippen LogP contribution in [0.3, 0.4) is 0 Å². The molecule has 0 aliphatic carbocycles. The molecule has 3 rings (SSSR count). The highest BCUT2D eigenvalue weighted by Gasteiger charge is 2.34. The first-order valence-electron chi connectivity index (χ1n) is 7.39. The summed E-state index contributed by atoms with van der Waals surface area (Å²) in [6, 6.07) is 6.85. The number of ether oxygens (including phenoxy) is 1. The van der Waals surface area contributed by atoms with Gasteiger partial charge in [0.15, 0.2) is 5.84 Å². The summed E-state index contributed by atoms with van der Waals surface area (Å²) in [4.78, 5) is 14.0. The fourth-order valence-electron chi connectivity index (χ4n) is 2.90. The van der Waals surface area contributed by atoms with Gasteiger partial charge >= 0.3 is 5.97 Å². The fraction of sp³-hybridized carbons (Fsp3) is 0.467. The molecule has 0 bridgehead atoms. The smallest absolute Gasteiger partial charge is 0.309 e. The van der Waals surface area contributed by atoms with E-state index in [1.165, 1.54) is 0 Å². The highest BCUT2D eigenvalue weighted by Crippen LogP contribution is 2.29. The van der Waals surface area contributed by atoms with Crippen molar-refractivity contribution < 1.29 is 17.9 Å². The Morgan fingerprint density at radius 1 is 1.32 bits per heavy atom. The third-order valence-corrected chi connectivity index (χ3v) is 5.35. The van der Waals surface area contributed by atoms with Crippen molar-refractivity contribution in [1.82, 2.24) is 4.90 Å². The summed E-state index contributed by atoms with van der Waals surface area (Å²) in [5, 5.41) is 0. The Bertz CT molecular complexity index is 719. The number of esters is 1. The third kappa shape index (κ3) is 2.61. The second-order valence-corrected chi connectivity index (χ2v) is 6.97. The fourth-order valence-corrected chi connectivity index (χ4v) is 4.13. The Morgan fingerprint density at radius 2 is 2.00 bits per heavy atom. The molecule has 6 nitrogen and oxygen atoms in total. The summed E-state index contributed by atoms with van der Waals surface area (Å²) < 4.78 is 33.1. The van der Waals surface area contributed by atoms with Gasteiger partial charge in [-0.05, 0) is 31.9 Å². The van der Waals surface area contributed by atoms with Gasteiger partial charge in [0, 0.05) is 18.7 Å². The Hall–Kier alpha value is -1.89. The topological polar surface area (TPSA) is 76.0 Å². The predicted molar refractivity (Wildman–Crippen MR) is 81.1 cm³/mol. The van der Waals surface area contributed by atoms with Crippen LogP contribution in [0, 0.1) is 5.92 Å². The van der Waals surface area contributed by atoms with Crippen LogP contribution in [0.5, 0.6) is 0 Å². The molecule has 0 saturated carbocycles. The molecule has 118 valence electrons. The lowest BCUT2D eigenvalue weighted by atomic mass is 9.96. The van der Waals surface area contributed by atoms with E-state index in [1.807, 2.05) is 4.90 Å². The number of rotatable bonds is 2. The zero-order chi connectivity index (χ0) is 15.7. The minimum Gasteiger partial charge on any atom is -0.466 e. The number of carbonyl (C=O) groups excluding carboxylic acids is 1. The molecule has 2 aliphatic rings. The van der Waals surface area contributed by atoms with Gasteiger partial charge in [-0.15, -0.1) is 4.40 Å². The molecule has 0 atom stereocenters. The van der Waals surface area contributed by atoms with Crippen LogP contribution >= 0.6 is 0 Å². The van der Waals surface area contributed by atoms with Gasteiger partial charge in [0.2, 0.25) is 0 Å². The van der Waals surface area contributed by atoms with E-state index >= 15 is 0 Å². The first kappa shape index (κ1) is 15.0. The highest BCUT2D eigenvalue weighted by molar-refractivity contribution is 7.90. The molecule has 22 heavy (non-hydrogen) atoms. The molecule has 0 unspecified atom stereocenters. The zero-order valence-electron chi connectivity index (χ0n) is 12.4. The molecule has 1 saturated heterocycles. The molecule has 0 spiro atoms. The molecule has 7 heteroatoms. The lowest BCUT2D eigenvalue weighted by molar-refractivity contribution is -0.149. The van der Waals surface area contributed by atoms with Crippen LogP contribution in [0.25, 0.3) is 0 Å². The minimum atomic E-state index is -3.59. The molecule has 2 aliphatic heterocycles. The molecule has 1 aromatic rings. The maximum Gasteiger partial charge on any atom is 0.309 e. The van der Waals surface area contributed by atoms with E-state index in [4.69, 9.17) is 4.74 Å². The number of benzene rings is 1. The first-order valence-corrected chi connectivity index (χ1v) is 8.83. The van der Waals surface area contributed by atoms with Crippen molar-refractivity contribution in [3.05, 3.63) is 29.8 Å². The van der Waals surface area contributed by atoms with Crippen molar-refractivity contribution in [2.45, 2.75) is 24.7 Å². The zero-order valence-corrected chi connectivity index (χ0v) is 13.2. The van der Waals surface area contributed by atoms with Crippen LogP contribution in [0.15, 0.2) is 33.6 Å². The van der Waals surface area contributed by atoms with Crippen molar-refractivity contribution in [1.29, 1.82) is 0 Å². The van der Waals surface area contributed by atoms with Crippen molar-refractivity contribution in [2.75, 3.05) is 19.7 Å². The maximum absolute atomic E-state index is 12.1. The predicted octanol–water partition coefficient (Wildman–Crippen LogP) is 1.41. The van der Waals surface area contributed by atoms with Gasteiger partial charge in [0.05, 0.1) is 12.5 Å². The SMILES string of the molecule is CCOC(=O)C1CCN(C2=NS(=O)(=O)c3ccccc32)CC1. The molecular weight excluding hydrogens is 304 g/mol. The standard InChI is InChI=1S/C15H18N2O4S/c1-2-21-15(18)11-7-9-17(10-8-11)14-12-5-3-4-6-13(12)22(19,20)16-14/h3-6,11H,2,7-10H2,1H3. The average molecular weight is 322 g/mol. The lowest BCUT2D eigenvalue weighted by Crippen LogP contribution is -2.40. The van der Waals surface area contributed by atoms with E-state index in [0.29, 0.717) is 43.9 Å². The Balaban J connectivity index is 1.77. The summed E-state index contributed by atoms with van der Waals surface area (Å²) in [6.45, 7) is 3.39. The first-order chi connectivity index (χ1) is 10.5. The molecule has 0 radical (unpaired) electrons. The van der Waals surface area contributed by atoms with Crippen LogP contribution < -0.4 is 0 Å². The van der Waals surface area contributed by atoms with Crippen molar-refractivity contribution in [3.8, 4) is 0 Å². The van der Waals surface area contributed by atoms with Gasteiger partial charge in [-0.3, -0.25) is 4.79 Å². The molecule has 0 N–H and O–H groups in total. The maximum atomic E-state index is 12.1. The quantitative estimate of drug-likeness (QED) is 0.770. The van der Waals surface area contributed by atoms with Crippen LogP contribution in [0.2, 0.25) is 0 Å². The number of hydrogen-bond acceptors (Lipinski definition) is 5. The van der Waals surface area contributed by atoms with E-state index in [-0.39, 0.29) is 16.8 Å². The van der Waals surface area contributed by atoms with E-state index in [9.17, 15) is 13.2 Å². The lowest BCUT2D eigenvalue weighted by Gasteiger charge is -2.32. The summed E-state index contributed by atoms with van der Waals surface area (Å²) >= 11 is 0. The van der Waals surface area contributed by atoms with Gasteiger partial charge in [0.1, 0.15) is 4.90 Å². The van der Waals surface area contributed by atoms with Crippen molar-refractivity contribution in [3.63, 3.8) is 0 Å². The number of amidine groups is 1. The number of carbonyl (C=O) groups is 1. The molecule has 2 heterocycles. The largest absolute Gasteiger partial charge is 0.466 e.